The molecule has 2 aromatic carbocycles. The maximum Gasteiger partial charge on any atom is 0.263 e. The topological polar surface area (TPSA) is 78.9 Å². The first-order valence-corrected chi connectivity index (χ1v) is 15.7. The van der Waals surface area contributed by atoms with E-state index in [0.717, 1.165) is 55.1 Å². The molecule has 3 aliphatic rings. The average Bonchev–Trinajstić information content (AvgIpc) is 2.92. The Labute approximate surface area is 239 Å². The molecule has 2 aromatic rings. The first kappa shape index (κ1) is 28.2. The van der Waals surface area contributed by atoms with Gasteiger partial charge < -0.3 is 14.7 Å². The highest BCUT2D eigenvalue weighted by atomic mass is 35.5. The molecule has 39 heavy (non-hydrogen) atoms. The number of benzene rings is 2. The summed E-state index contributed by atoms with van der Waals surface area (Å²) in [5.41, 5.74) is 3.75. The Morgan fingerprint density at radius 3 is 2.74 bits per heavy atom. The summed E-state index contributed by atoms with van der Waals surface area (Å²) in [6, 6.07) is 11.6. The van der Waals surface area contributed by atoms with E-state index in [1.165, 1.54) is 11.1 Å². The van der Waals surface area contributed by atoms with E-state index in [4.69, 9.17) is 16.3 Å². The predicted molar refractivity (Wildman–Crippen MR) is 158 cm³/mol. The van der Waals surface area contributed by atoms with Crippen molar-refractivity contribution in [1.29, 1.82) is 0 Å². The van der Waals surface area contributed by atoms with Gasteiger partial charge in [0.05, 0.1) is 23.6 Å². The number of allylic oxidation sites excluding steroid dienone is 1. The lowest BCUT2D eigenvalue weighted by molar-refractivity contribution is 0.0459. The third-order valence-electron chi connectivity index (χ3n) is 8.73. The summed E-state index contributed by atoms with van der Waals surface area (Å²) in [6.45, 7) is 5.88. The van der Waals surface area contributed by atoms with Gasteiger partial charge in [-0.1, -0.05) is 36.7 Å². The summed E-state index contributed by atoms with van der Waals surface area (Å²) in [5, 5.41) is 11.6. The standard InChI is InChI=1S/C31H39ClN2O4S/c1-20-6-5-8-29(35)27-13-10-25(27)19-34-18-24-9-12-26(32)16-22(24)7-3-4-15-38-30-14-11-23(17-28(30)34)31(36)33-39(37)21(20)2/h5,8-9,11-12,14,16-17,20-21,25,27,29,35H,3-4,6-7,10,13,15,18-19H2,1-2H3,(H,33,36)/b8-5+/t20-,21+,25-,27+,29-,39?/m0/s1. The number of rotatable bonds is 0. The highest BCUT2D eigenvalue weighted by molar-refractivity contribution is 7.84. The number of fused-ring (bicyclic) bond motifs is 3. The summed E-state index contributed by atoms with van der Waals surface area (Å²) in [6.07, 6.45) is 8.96. The van der Waals surface area contributed by atoms with Gasteiger partial charge in [0.2, 0.25) is 0 Å². The molecule has 2 N–H and O–H groups in total. The van der Waals surface area contributed by atoms with Crippen LogP contribution in [-0.2, 0) is 24.0 Å². The summed E-state index contributed by atoms with van der Waals surface area (Å²) in [4.78, 5) is 15.6. The molecule has 2 heterocycles. The molecule has 1 amide bonds. The van der Waals surface area contributed by atoms with Crippen molar-refractivity contribution in [3.8, 4) is 5.75 Å². The Hall–Kier alpha value is -2.35. The second kappa shape index (κ2) is 12.4. The average molecular weight is 571 g/mol. The van der Waals surface area contributed by atoms with E-state index in [1.807, 2.05) is 44.2 Å². The van der Waals surface area contributed by atoms with Crippen LogP contribution in [0.4, 0.5) is 5.69 Å². The van der Waals surface area contributed by atoms with E-state index in [9.17, 15) is 14.1 Å². The highest BCUT2D eigenvalue weighted by Crippen LogP contribution is 2.41. The van der Waals surface area contributed by atoms with Gasteiger partial charge in [-0.2, -0.15) is 0 Å². The zero-order chi connectivity index (χ0) is 27.5. The number of hydrogen-bond donors (Lipinski definition) is 2. The van der Waals surface area contributed by atoms with Gasteiger partial charge in [0, 0.05) is 23.7 Å². The Morgan fingerprint density at radius 2 is 1.95 bits per heavy atom. The third kappa shape index (κ3) is 6.53. The van der Waals surface area contributed by atoms with E-state index in [0.29, 0.717) is 31.1 Å². The summed E-state index contributed by atoms with van der Waals surface area (Å²) >= 11 is 6.38. The Bertz CT molecular complexity index is 1250. The number of ether oxygens (including phenoxy) is 1. The zero-order valence-corrected chi connectivity index (χ0v) is 24.3. The number of aryl methyl sites for hydroxylation is 1. The van der Waals surface area contributed by atoms with Gasteiger partial charge in [0.25, 0.3) is 5.91 Å². The number of nitrogens with zero attached hydrogens (tertiary/aromatic N) is 1. The number of hydrogen-bond acceptors (Lipinski definition) is 5. The first-order valence-electron chi connectivity index (χ1n) is 14.2. The minimum absolute atomic E-state index is 0.0876. The summed E-state index contributed by atoms with van der Waals surface area (Å²) in [5.74, 6) is 0.965. The van der Waals surface area contributed by atoms with Gasteiger partial charge in [-0.25, -0.2) is 4.21 Å². The second-order valence-corrected chi connectivity index (χ2v) is 13.3. The molecular weight excluding hydrogens is 532 g/mol. The molecule has 0 saturated heterocycles. The first-order chi connectivity index (χ1) is 18.8. The lowest BCUT2D eigenvalue weighted by Gasteiger charge is -2.42. The molecule has 1 saturated carbocycles. The van der Waals surface area contributed by atoms with Crippen LogP contribution in [0.25, 0.3) is 0 Å². The van der Waals surface area contributed by atoms with Crippen LogP contribution in [0.1, 0.15) is 67.4 Å². The van der Waals surface area contributed by atoms with Crippen molar-refractivity contribution in [3.63, 3.8) is 0 Å². The molecule has 1 fully saturated rings. The minimum Gasteiger partial charge on any atom is -0.491 e. The van der Waals surface area contributed by atoms with Gasteiger partial charge >= 0.3 is 0 Å². The maximum absolute atomic E-state index is 13.3. The quantitative estimate of drug-likeness (QED) is 0.390. The number of amides is 1. The smallest absolute Gasteiger partial charge is 0.263 e. The van der Waals surface area contributed by atoms with Crippen LogP contribution in [0.3, 0.4) is 0 Å². The maximum atomic E-state index is 13.3. The third-order valence-corrected chi connectivity index (χ3v) is 10.5. The van der Waals surface area contributed by atoms with Crippen molar-refractivity contribution in [2.45, 2.75) is 70.3 Å². The Balaban J connectivity index is 1.58. The van der Waals surface area contributed by atoms with Gasteiger partial charge in [-0.05, 0) is 105 Å². The normalized spacial score (nSPS) is 30.9. The Kier molecular flexibility index (Phi) is 8.99. The van der Waals surface area contributed by atoms with Crippen molar-refractivity contribution < 1.29 is 18.8 Å². The van der Waals surface area contributed by atoms with Crippen molar-refractivity contribution in [1.82, 2.24) is 4.72 Å². The van der Waals surface area contributed by atoms with Crippen LogP contribution in [0.5, 0.6) is 5.75 Å². The number of halogens is 1. The number of carbonyl (C=O) groups excluding carboxylic acids is 1. The monoisotopic (exact) mass is 570 g/mol. The van der Waals surface area contributed by atoms with Crippen molar-refractivity contribution in [3.05, 3.63) is 70.3 Å². The molecule has 0 spiro atoms. The molecule has 2 aliphatic heterocycles. The van der Waals surface area contributed by atoms with E-state index in [2.05, 4.69) is 21.8 Å². The molecule has 1 aliphatic carbocycles. The molecule has 2 bridgehead atoms. The van der Waals surface area contributed by atoms with E-state index >= 15 is 0 Å². The highest BCUT2D eigenvalue weighted by Gasteiger charge is 2.37. The van der Waals surface area contributed by atoms with Crippen LogP contribution in [0.15, 0.2) is 48.6 Å². The molecule has 8 heteroatoms. The Morgan fingerprint density at radius 1 is 1.10 bits per heavy atom. The fraction of sp³-hybridized carbons (Fsp3) is 0.516. The van der Waals surface area contributed by atoms with Crippen molar-refractivity contribution in [2.75, 3.05) is 18.1 Å². The van der Waals surface area contributed by atoms with Gasteiger partial charge in [0.15, 0.2) is 0 Å². The number of carbonyl (C=O) groups is 1. The van der Waals surface area contributed by atoms with E-state index in [-0.39, 0.29) is 23.0 Å². The largest absolute Gasteiger partial charge is 0.491 e. The van der Waals surface area contributed by atoms with Gasteiger partial charge in [-0.15, -0.1) is 0 Å². The molecular formula is C31H39ClN2O4S. The molecule has 6 nitrogen and oxygen atoms in total. The zero-order valence-electron chi connectivity index (χ0n) is 22.8. The number of aliphatic hydroxyl groups excluding tert-OH is 1. The van der Waals surface area contributed by atoms with Crippen LogP contribution < -0.4 is 14.4 Å². The van der Waals surface area contributed by atoms with Crippen LogP contribution >= 0.6 is 11.6 Å². The van der Waals surface area contributed by atoms with Crippen molar-refractivity contribution in [2.24, 2.45) is 17.8 Å². The van der Waals surface area contributed by atoms with Crippen molar-refractivity contribution >= 4 is 34.2 Å². The second-order valence-electron chi connectivity index (χ2n) is 11.3. The number of aliphatic hydroxyl groups is 1. The molecule has 0 aromatic heterocycles. The SMILES string of the molecule is C[C@@H]1[C@@H](C)C/C=C/[C@H](O)[C@@H]2CC[C@H]2CN2Cc3ccc(Cl)cc3CCCCOc3ccc(cc32)C(=O)NS1=O. The summed E-state index contributed by atoms with van der Waals surface area (Å²) < 4.78 is 22.0. The van der Waals surface area contributed by atoms with E-state index < -0.39 is 17.1 Å². The van der Waals surface area contributed by atoms with Gasteiger partial charge in [-0.3, -0.25) is 9.52 Å². The predicted octanol–water partition coefficient (Wildman–Crippen LogP) is 5.83. The molecule has 6 atom stereocenters. The lowest BCUT2D eigenvalue weighted by Crippen LogP contribution is -2.43. The molecule has 210 valence electrons. The number of anilines is 1. The fourth-order valence-electron chi connectivity index (χ4n) is 5.84. The van der Waals surface area contributed by atoms with E-state index in [1.54, 1.807) is 6.07 Å². The van der Waals surface area contributed by atoms with Crippen LogP contribution in [0, 0.1) is 17.8 Å². The fourth-order valence-corrected chi connectivity index (χ4v) is 7.05. The lowest BCUT2D eigenvalue weighted by atomic mass is 9.70. The molecule has 0 radical (unpaired) electrons. The summed E-state index contributed by atoms with van der Waals surface area (Å²) in [7, 11) is -1.54. The molecule has 5 rings (SSSR count). The molecule has 1 unspecified atom stereocenters. The minimum atomic E-state index is -1.54. The van der Waals surface area contributed by atoms with Gasteiger partial charge in [0.1, 0.15) is 16.7 Å². The number of nitrogens with one attached hydrogen (secondary N) is 1. The van der Waals surface area contributed by atoms with Crippen LogP contribution in [-0.4, -0.2) is 39.7 Å². The van der Waals surface area contributed by atoms with Crippen LogP contribution in [0.2, 0.25) is 5.02 Å².